The van der Waals surface area contributed by atoms with Gasteiger partial charge in [0.15, 0.2) is 0 Å². The highest BCUT2D eigenvalue weighted by Gasteiger charge is 2.40. The Morgan fingerprint density at radius 1 is 0.871 bits per heavy atom. The first kappa shape index (κ1) is 21.8. The number of aryl methyl sites for hydroxylation is 2. The second-order valence-corrected chi connectivity index (χ2v) is 9.14. The van der Waals surface area contributed by atoms with Crippen molar-refractivity contribution in [2.24, 2.45) is 5.92 Å². The molecule has 7 nitrogen and oxygen atoms in total. The molecule has 1 atom stereocenters. The second-order valence-electron chi connectivity index (χ2n) is 9.14. The lowest BCUT2D eigenvalue weighted by atomic mass is 10.1. The average Bonchev–Trinajstić information content (AvgIpc) is 3.17. The summed E-state index contributed by atoms with van der Waals surface area (Å²) < 4.78 is 0. The molecule has 7 heteroatoms. The van der Waals surface area contributed by atoms with Crippen LogP contribution in [0.25, 0.3) is 0 Å². The highest BCUT2D eigenvalue weighted by Crippen LogP contribution is 2.28. The van der Waals surface area contributed by atoms with Crippen molar-refractivity contribution in [1.29, 1.82) is 0 Å². The van der Waals surface area contributed by atoms with Gasteiger partial charge in [0.1, 0.15) is 5.92 Å². The summed E-state index contributed by atoms with van der Waals surface area (Å²) in [4.78, 5) is 46.2. The zero-order chi connectivity index (χ0) is 22.0. The number of benzene rings is 1. The highest BCUT2D eigenvalue weighted by molar-refractivity contribution is 6.09. The van der Waals surface area contributed by atoms with Gasteiger partial charge >= 0.3 is 0 Å². The van der Waals surface area contributed by atoms with Gasteiger partial charge in [0.05, 0.1) is 6.54 Å². The Balaban J connectivity index is 1.29. The molecule has 0 N–H and O–H groups in total. The molecule has 168 valence electrons. The van der Waals surface area contributed by atoms with Crippen LogP contribution in [0.5, 0.6) is 0 Å². The quantitative estimate of drug-likeness (QED) is 0.689. The van der Waals surface area contributed by atoms with Gasteiger partial charge in [-0.2, -0.15) is 0 Å². The summed E-state index contributed by atoms with van der Waals surface area (Å²) >= 11 is 0. The fraction of sp³-hybridized carbons (Fsp3) is 0.625. The zero-order valence-corrected chi connectivity index (χ0v) is 18.8. The third-order valence-electron chi connectivity index (χ3n) is 7.06. The van der Waals surface area contributed by atoms with Gasteiger partial charge in [-0.25, -0.2) is 0 Å². The molecule has 1 aromatic rings. The molecule has 0 aromatic heterocycles. The molecule has 3 aliphatic heterocycles. The van der Waals surface area contributed by atoms with Crippen molar-refractivity contribution in [1.82, 2.24) is 14.7 Å². The molecule has 3 heterocycles. The minimum absolute atomic E-state index is 0.0571. The maximum atomic E-state index is 13.1. The van der Waals surface area contributed by atoms with E-state index in [1.54, 1.807) is 4.90 Å². The van der Waals surface area contributed by atoms with Crippen LogP contribution in [0.2, 0.25) is 0 Å². The van der Waals surface area contributed by atoms with Gasteiger partial charge in [0.2, 0.25) is 17.7 Å². The van der Waals surface area contributed by atoms with Crippen LogP contribution in [-0.4, -0.2) is 84.8 Å². The van der Waals surface area contributed by atoms with Crippen molar-refractivity contribution in [3.63, 3.8) is 0 Å². The minimum atomic E-state index is -0.580. The topological polar surface area (TPSA) is 64.2 Å². The van der Waals surface area contributed by atoms with E-state index in [2.05, 4.69) is 11.8 Å². The summed E-state index contributed by atoms with van der Waals surface area (Å²) in [5.41, 5.74) is 3.22. The molecule has 3 fully saturated rings. The zero-order valence-electron chi connectivity index (χ0n) is 18.8. The van der Waals surface area contributed by atoms with Crippen molar-refractivity contribution >= 4 is 23.4 Å². The Hall–Kier alpha value is -2.41. The van der Waals surface area contributed by atoms with Crippen molar-refractivity contribution in [2.45, 2.75) is 39.5 Å². The van der Waals surface area contributed by atoms with E-state index in [1.807, 2.05) is 34.9 Å². The van der Waals surface area contributed by atoms with Gasteiger partial charge in [-0.15, -0.1) is 0 Å². The summed E-state index contributed by atoms with van der Waals surface area (Å²) in [5.74, 6) is -0.521. The van der Waals surface area contributed by atoms with E-state index in [4.69, 9.17) is 0 Å². The number of anilines is 1. The van der Waals surface area contributed by atoms with Gasteiger partial charge in [0, 0.05) is 51.5 Å². The van der Waals surface area contributed by atoms with Crippen LogP contribution in [0.1, 0.15) is 36.8 Å². The number of piperazine rings is 1. The van der Waals surface area contributed by atoms with Crippen LogP contribution in [0.3, 0.4) is 0 Å². The lowest BCUT2D eigenvalue weighted by Gasteiger charge is -2.36. The molecular weight excluding hydrogens is 392 g/mol. The van der Waals surface area contributed by atoms with E-state index in [-0.39, 0.29) is 17.7 Å². The number of rotatable bonds is 4. The predicted octanol–water partition coefficient (Wildman–Crippen LogP) is 1.81. The standard InChI is InChI=1S/C24H34N4O3/c1-18-6-7-20(16-19(18)2)28-11-8-21(24(28)31)23(30)27-14-12-25(13-15-27)17-22(29)26-9-4-3-5-10-26/h6-7,16,21H,3-5,8-15,17H2,1-2H3. The summed E-state index contributed by atoms with van der Waals surface area (Å²) in [6.07, 6.45) is 3.98. The van der Waals surface area contributed by atoms with Gasteiger partial charge in [-0.1, -0.05) is 6.07 Å². The summed E-state index contributed by atoms with van der Waals surface area (Å²) in [5, 5.41) is 0. The number of hydrogen-bond acceptors (Lipinski definition) is 4. The highest BCUT2D eigenvalue weighted by atomic mass is 16.2. The molecule has 1 aromatic carbocycles. The van der Waals surface area contributed by atoms with Crippen molar-refractivity contribution < 1.29 is 14.4 Å². The number of nitrogens with zero attached hydrogens (tertiary/aromatic N) is 4. The van der Waals surface area contributed by atoms with E-state index < -0.39 is 5.92 Å². The van der Waals surface area contributed by atoms with Crippen LogP contribution in [-0.2, 0) is 14.4 Å². The lowest BCUT2D eigenvalue weighted by molar-refractivity contribution is -0.141. The Bertz CT molecular complexity index is 841. The molecule has 0 bridgehead atoms. The fourth-order valence-corrected chi connectivity index (χ4v) is 4.84. The third-order valence-corrected chi connectivity index (χ3v) is 7.06. The largest absolute Gasteiger partial charge is 0.342 e. The lowest BCUT2D eigenvalue weighted by Crippen LogP contribution is -2.53. The Morgan fingerprint density at radius 2 is 1.58 bits per heavy atom. The summed E-state index contributed by atoms with van der Waals surface area (Å²) in [6, 6.07) is 6.01. The van der Waals surface area contributed by atoms with E-state index in [1.165, 1.54) is 12.0 Å². The maximum absolute atomic E-state index is 13.1. The monoisotopic (exact) mass is 426 g/mol. The van der Waals surface area contributed by atoms with Crippen LogP contribution < -0.4 is 4.90 Å². The van der Waals surface area contributed by atoms with E-state index in [9.17, 15) is 14.4 Å². The number of carbonyl (C=O) groups is 3. The molecule has 4 rings (SSSR count). The normalized spacial score (nSPS) is 22.8. The van der Waals surface area contributed by atoms with Gasteiger partial charge in [-0.05, 0) is 62.8 Å². The number of amides is 3. The molecule has 1 unspecified atom stereocenters. The molecule has 0 aliphatic carbocycles. The molecule has 0 radical (unpaired) electrons. The molecule has 31 heavy (non-hydrogen) atoms. The van der Waals surface area contributed by atoms with E-state index in [0.29, 0.717) is 45.7 Å². The summed E-state index contributed by atoms with van der Waals surface area (Å²) in [7, 11) is 0. The predicted molar refractivity (Wildman–Crippen MR) is 120 cm³/mol. The first-order valence-corrected chi connectivity index (χ1v) is 11.6. The van der Waals surface area contributed by atoms with Gasteiger partial charge in [0.25, 0.3) is 0 Å². The van der Waals surface area contributed by atoms with E-state index in [0.717, 1.165) is 37.2 Å². The van der Waals surface area contributed by atoms with E-state index >= 15 is 0 Å². The molecule has 3 amide bonds. The Labute approximate surface area is 185 Å². The molecule has 0 saturated carbocycles. The first-order chi connectivity index (χ1) is 14.9. The maximum Gasteiger partial charge on any atom is 0.239 e. The van der Waals surface area contributed by atoms with Crippen molar-refractivity contribution in [3.05, 3.63) is 29.3 Å². The fourth-order valence-electron chi connectivity index (χ4n) is 4.84. The van der Waals surface area contributed by atoms with Crippen LogP contribution in [0.4, 0.5) is 5.69 Å². The van der Waals surface area contributed by atoms with Gasteiger partial charge in [-0.3, -0.25) is 19.3 Å². The Morgan fingerprint density at radius 3 is 2.26 bits per heavy atom. The number of likely N-dealkylation sites (tertiary alicyclic amines) is 1. The number of carbonyl (C=O) groups excluding carboxylic acids is 3. The molecule has 3 saturated heterocycles. The average molecular weight is 427 g/mol. The smallest absolute Gasteiger partial charge is 0.239 e. The second kappa shape index (κ2) is 9.39. The molecule has 3 aliphatic rings. The van der Waals surface area contributed by atoms with Crippen LogP contribution in [0, 0.1) is 19.8 Å². The first-order valence-electron chi connectivity index (χ1n) is 11.6. The molecular formula is C24H34N4O3. The van der Waals surface area contributed by atoms with Crippen molar-refractivity contribution in [3.8, 4) is 0 Å². The third kappa shape index (κ3) is 4.76. The minimum Gasteiger partial charge on any atom is -0.342 e. The molecule has 0 spiro atoms. The van der Waals surface area contributed by atoms with Gasteiger partial charge < -0.3 is 14.7 Å². The van der Waals surface area contributed by atoms with Crippen LogP contribution in [0.15, 0.2) is 18.2 Å². The van der Waals surface area contributed by atoms with Crippen LogP contribution >= 0.6 is 0 Å². The number of hydrogen-bond donors (Lipinski definition) is 0. The number of piperidine rings is 1. The Kier molecular flexibility index (Phi) is 6.60. The van der Waals surface area contributed by atoms with Crippen molar-refractivity contribution in [2.75, 3.05) is 57.3 Å². The SMILES string of the molecule is Cc1ccc(N2CCC(C(=O)N3CCN(CC(=O)N4CCCCC4)CC3)C2=O)cc1C. The summed E-state index contributed by atoms with van der Waals surface area (Å²) in [6.45, 7) is 9.40.